The summed E-state index contributed by atoms with van der Waals surface area (Å²) in [7, 11) is 0. The van der Waals surface area contributed by atoms with Gasteiger partial charge in [0, 0.05) is 15.4 Å². The molecule has 1 heterocycles. The molecule has 2 N–H and O–H groups in total. The molecule has 2 aliphatic rings. The van der Waals surface area contributed by atoms with Gasteiger partial charge in [-0.05, 0) is 59.0 Å². The van der Waals surface area contributed by atoms with Gasteiger partial charge in [-0.2, -0.15) is 0 Å². The van der Waals surface area contributed by atoms with E-state index in [2.05, 4.69) is 22.0 Å². The smallest absolute Gasteiger partial charge is 0.107 e. The van der Waals surface area contributed by atoms with Gasteiger partial charge in [-0.1, -0.05) is 11.6 Å². The van der Waals surface area contributed by atoms with E-state index in [9.17, 15) is 0 Å². The minimum absolute atomic E-state index is 0.201. The van der Waals surface area contributed by atoms with Crippen molar-refractivity contribution in [2.45, 2.75) is 25.3 Å². The molecule has 3 rings (SSSR count). The summed E-state index contributed by atoms with van der Waals surface area (Å²) in [4.78, 5) is 1.23. The van der Waals surface area contributed by atoms with Crippen molar-refractivity contribution in [3.8, 4) is 0 Å². The molecule has 2 aliphatic carbocycles. The minimum atomic E-state index is 0.201. The van der Waals surface area contributed by atoms with Crippen molar-refractivity contribution in [1.82, 2.24) is 0 Å². The molecule has 82 valence electrons. The Morgan fingerprint density at radius 2 is 2.07 bits per heavy atom. The Balaban J connectivity index is 1.76. The van der Waals surface area contributed by atoms with Crippen molar-refractivity contribution in [3.05, 3.63) is 19.8 Å². The molecule has 3 unspecified atom stereocenters. The Kier molecular flexibility index (Phi) is 2.63. The van der Waals surface area contributed by atoms with Crippen LogP contribution in [0.4, 0.5) is 0 Å². The van der Waals surface area contributed by atoms with E-state index in [-0.39, 0.29) is 6.04 Å². The summed E-state index contributed by atoms with van der Waals surface area (Å²) < 4.78 is 1.81. The lowest BCUT2D eigenvalue weighted by molar-refractivity contribution is 0.408. The predicted molar refractivity (Wildman–Crippen MR) is 68.3 cm³/mol. The highest BCUT2D eigenvalue weighted by molar-refractivity contribution is 9.10. The fourth-order valence-electron chi connectivity index (χ4n) is 2.81. The van der Waals surface area contributed by atoms with Crippen LogP contribution in [0.15, 0.2) is 10.5 Å². The SMILES string of the molecule is NC(c1cc(Br)c(Cl)s1)C1CC2CC2C1. The van der Waals surface area contributed by atoms with Gasteiger partial charge in [-0.25, -0.2) is 0 Å². The zero-order valence-corrected chi connectivity index (χ0v) is 11.4. The number of nitrogens with two attached hydrogens (primary N) is 1. The maximum Gasteiger partial charge on any atom is 0.107 e. The Bertz CT molecular complexity index is 362. The lowest BCUT2D eigenvalue weighted by atomic mass is 9.94. The predicted octanol–water partition coefficient (Wildman–Crippen LogP) is 4.21. The van der Waals surface area contributed by atoms with E-state index in [1.807, 2.05) is 0 Å². The maximum atomic E-state index is 6.30. The van der Waals surface area contributed by atoms with E-state index in [0.29, 0.717) is 5.92 Å². The third-order valence-corrected chi connectivity index (χ3v) is 6.36. The van der Waals surface area contributed by atoms with Crippen LogP contribution in [0.25, 0.3) is 0 Å². The molecule has 2 fully saturated rings. The van der Waals surface area contributed by atoms with Gasteiger partial charge < -0.3 is 5.73 Å². The number of hydrogen-bond acceptors (Lipinski definition) is 2. The monoisotopic (exact) mass is 305 g/mol. The molecule has 4 heteroatoms. The summed E-state index contributed by atoms with van der Waals surface area (Å²) >= 11 is 11.1. The average molecular weight is 307 g/mol. The van der Waals surface area contributed by atoms with Crippen LogP contribution in [0.3, 0.4) is 0 Å². The van der Waals surface area contributed by atoms with Crippen molar-refractivity contribution in [3.63, 3.8) is 0 Å². The first kappa shape index (κ1) is 10.6. The maximum absolute atomic E-state index is 6.30. The molecule has 0 bridgehead atoms. The fraction of sp³-hybridized carbons (Fsp3) is 0.636. The summed E-state index contributed by atoms with van der Waals surface area (Å²) in [5.41, 5.74) is 6.30. The first-order chi connectivity index (χ1) is 7.15. The van der Waals surface area contributed by atoms with Crippen LogP contribution in [0.5, 0.6) is 0 Å². The van der Waals surface area contributed by atoms with Crippen LogP contribution in [-0.2, 0) is 0 Å². The first-order valence-electron chi connectivity index (χ1n) is 5.35. The minimum Gasteiger partial charge on any atom is -0.323 e. The highest BCUT2D eigenvalue weighted by Gasteiger charge is 2.47. The molecular weight excluding hydrogens is 294 g/mol. The van der Waals surface area contributed by atoms with Crippen LogP contribution in [0.1, 0.15) is 30.2 Å². The zero-order chi connectivity index (χ0) is 10.6. The van der Waals surface area contributed by atoms with E-state index in [1.54, 1.807) is 11.3 Å². The highest BCUT2D eigenvalue weighted by atomic mass is 79.9. The molecule has 1 aromatic rings. The van der Waals surface area contributed by atoms with Crippen molar-refractivity contribution in [2.75, 3.05) is 0 Å². The van der Waals surface area contributed by atoms with E-state index >= 15 is 0 Å². The third kappa shape index (κ3) is 1.88. The second-order valence-electron chi connectivity index (χ2n) is 4.78. The quantitative estimate of drug-likeness (QED) is 0.870. The van der Waals surface area contributed by atoms with Gasteiger partial charge in [0.2, 0.25) is 0 Å². The van der Waals surface area contributed by atoms with Crippen molar-refractivity contribution in [2.24, 2.45) is 23.5 Å². The van der Waals surface area contributed by atoms with E-state index in [1.165, 1.54) is 24.1 Å². The van der Waals surface area contributed by atoms with Crippen LogP contribution in [0.2, 0.25) is 4.34 Å². The Labute approximate surface area is 107 Å². The highest BCUT2D eigenvalue weighted by Crippen LogP contribution is 2.57. The molecule has 1 aromatic heterocycles. The van der Waals surface area contributed by atoms with Gasteiger partial charge in [0.05, 0.1) is 0 Å². The molecule has 0 spiro atoms. The summed E-state index contributed by atoms with van der Waals surface area (Å²) in [5, 5.41) is 0. The Morgan fingerprint density at radius 1 is 1.40 bits per heavy atom. The van der Waals surface area contributed by atoms with Crippen LogP contribution in [-0.4, -0.2) is 0 Å². The van der Waals surface area contributed by atoms with Crippen LogP contribution < -0.4 is 5.73 Å². The van der Waals surface area contributed by atoms with Crippen LogP contribution >= 0.6 is 38.9 Å². The fourth-order valence-corrected chi connectivity index (χ4v) is 4.65. The van der Waals surface area contributed by atoms with E-state index in [4.69, 9.17) is 17.3 Å². The zero-order valence-electron chi connectivity index (χ0n) is 8.25. The first-order valence-corrected chi connectivity index (χ1v) is 7.34. The van der Waals surface area contributed by atoms with Gasteiger partial charge in [-0.15, -0.1) is 11.3 Å². The molecule has 0 aliphatic heterocycles. The normalized spacial score (nSPS) is 35.3. The molecule has 0 aromatic carbocycles. The Morgan fingerprint density at radius 3 is 2.60 bits per heavy atom. The number of halogens is 2. The molecule has 2 saturated carbocycles. The standard InChI is InChI=1S/C11H13BrClNS/c12-8-4-9(15-11(8)13)10(14)7-2-5-1-6(5)3-7/h4-7,10H,1-3,14H2. The lowest BCUT2D eigenvalue weighted by Crippen LogP contribution is -2.19. The molecule has 0 amide bonds. The van der Waals surface area contributed by atoms with Gasteiger partial charge in [-0.3, -0.25) is 0 Å². The van der Waals surface area contributed by atoms with Crippen molar-refractivity contribution < 1.29 is 0 Å². The van der Waals surface area contributed by atoms with Crippen LogP contribution in [0, 0.1) is 17.8 Å². The summed E-state index contributed by atoms with van der Waals surface area (Å²) in [5.74, 6) is 2.69. The second kappa shape index (κ2) is 3.73. The number of fused-ring (bicyclic) bond motifs is 1. The van der Waals surface area contributed by atoms with Crippen molar-refractivity contribution >= 4 is 38.9 Å². The number of rotatable bonds is 2. The van der Waals surface area contributed by atoms with Crippen molar-refractivity contribution in [1.29, 1.82) is 0 Å². The van der Waals surface area contributed by atoms with Gasteiger partial charge in [0.25, 0.3) is 0 Å². The largest absolute Gasteiger partial charge is 0.323 e. The molecule has 3 atom stereocenters. The number of hydrogen-bond donors (Lipinski definition) is 1. The topological polar surface area (TPSA) is 26.0 Å². The molecular formula is C11H13BrClNS. The number of thiophene rings is 1. The molecule has 15 heavy (non-hydrogen) atoms. The van der Waals surface area contributed by atoms with Gasteiger partial charge in [0.15, 0.2) is 0 Å². The summed E-state index contributed by atoms with van der Waals surface area (Å²) in [6.45, 7) is 0. The third-order valence-electron chi connectivity index (χ3n) is 3.78. The van der Waals surface area contributed by atoms with E-state index in [0.717, 1.165) is 20.6 Å². The summed E-state index contributed by atoms with van der Waals surface area (Å²) in [6.07, 6.45) is 4.12. The van der Waals surface area contributed by atoms with Gasteiger partial charge in [0.1, 0.15) is 4.34 Å². The summed E-state index contributed by atoms with van der Waals surface area (Å²) in [6, 6.07) is 2.29. The second-order valence-corrected chi connectivity index (χ2v) is 7.32. The molecule has 0 radical (unpaired) electrons. The molecule has 0 saturated heterocycles. The van der Waals surface area contributed by atoms with E-state index < -0.39 is 0 Å². The Hall–Kier alpha value is 0.430. The average Bonchev–Trinajstić information content (AvgIpc) is 2.66. The van der Waals surface area contributed by atoms with Gasteiger partial charge >= 0.3 is 0 Å². The molecule has 1 nitrogen and oxygen atoms in total. The lowest BCUT2D eigenvalue weighted by Gasteiger charge is -2.18.